The average Bonchev–Trinajstić information content (AvgIpc) is 2.89. The van der Waals surface area contributed by atoms with Crippen LogP contribution in [0.3, 0.4) is 0 Å². The first-order chi connectivity index (χ1) is 10.3. The van der Waals surface area contributed by atoms with E-state index >= 15 is 0 Å². The van der Waals surface area contributed by atoms with Crippen LogP contribution in [0.5, 0.6) is 0 Å². The summed E-state index contributed by atoms with van der Waals surface area (Å²) in [5.74, 6) is 0. The molecule has 0 bridgehead atoms. The molecule has 0 spiro atoms. The number of carbonyl (C=O) groups is 1. The number of nitrogens with zero attached hydrogens (tertiary/aromatic N) is 3. The molecule has 0 saturated carbocycles. The molecule has 1 N–H and O–H groups in total. The van der Waals surface area contributed by atoms with Crippen LogP contribution in [0.4, 0.5) is 9.93 Å². The Kier molecular flexibility index (Phi) is 4.45. The summed E-state index contributed by atoms with van der Waals surface area (Å²) in [6.45, 7) is 0.782. The fraction of sp³-hybridized carbons (Fsp3) is 0.400. The number of hydrogen-bond donors (Lipinski definition) is 1. The summed E-state index contributed by atoms with van der Waals surface area (Å²) < 4.78 is 0. The number of urea groups is 1. The summed E-state index contributed by atoms with van der Waals surface area (Å²) in [6, 6.07) is 4.06. The lowest BCUT2D eigenvalue weighted by Gasteiger charge is -2.30. The molecule has 5 nitrogen and oxygen atoms in total. The van der Waals surface area contributed by atoms with Gasteiger partial charge in [0.15, 0.2) is 5.13 Å². The van der Waals surface area contributed by atoms with E-state index in [4.69, 9.17) is 0 Å². The van der Waals surface area contributed by atoms with Gasteiger partial charge < -0.3 is 4.90 Å². The van der Waals surface area contributed by atoms with E-state index in [1.807, 2.05) is 22.4 Å². The van der Waals surface area contributed by atoms with Crippen LogP contribution in [0.25, 0.3) is 0 Å². The maximum atomic E-state index is 12.6. The number of carbonyl (C=O) groups excluding carboxylic acids is 1. The fourth-order valence-electron chi connectivity index (χ4n) is 2.73. The van der Waals surface area contributed by atoms with Gasteiger partial charge in [-0.25, -0.2) is 9.78 Å². The normalized spacial score (nSPS) is 19.0. The van der Waals surface area contributed by atoms with Gasteiger partial charge in [0.1, 0.15) is 0 Å². The highest BCUT2D eigenvalue weighted by Crippen LogP contribution is 2.30. The fourth-order valence-corrected chi connectivity index (χ4v) is 3.25. The molecule has 0 unspecified atom stereocenters. The van der Waals surface area contributed by atoms with Crippen molar-refractivity contribution in [2.24, 2.45) is 0 Å². The van der Waals surface area contributed by atoms with Crippen LogP contribution in [-0.4, -0.2) is 27.4 Å². The van der Waals surface area contributed by atoms with E-state index in [1.165, 1.54) is 17.8 Å². The van der Waals surface area contributed by atoms with E-state index in [2.05, 4.69) is 15.3 Å². The van der Waals surface area contributed by atoms with Crippen LogP contribution in [-0.2, 0) is 0 Å². The van der Waals surface area contributed by atoms with E-state index in [1.54, 1.807) is 18.6 Å². The summed E-state index contributed by atoms with van der Waals surface area (Å²) in [6.07, 6.45) is 9.64. The molecule has 21 heavy (non-hydrogen) atoms. The zero-order valence-corrected chi connectivity index (χ0v) is 12.6. The monoisotopic (exact) mass is 302 g/mol. The van der Waals surface area contributed by atoms with Crippen LogP contribution in [0, 0.1) is 0 Å². The summed E-state index contributed by atoms with van der Waals surface area (Å²) in [7, 11) is 0. The lowest BCUT2D eigenvalue weighted by atomic mass is 10.0. The molecule has 2 amide bonds. The Morgan fingerprint density at radius 3 is 2.86 bits per heavy atom. The number of thiazole rings is 1. The van der Waals surface area contributed by atoms with Crippen LogP contribution in [0.1, 0.15) is 37.3 Å². The van der Waals surface area contributed by atoms with Crippen molar-refractivity contribution in [1.29, 1.82) is 0 Å². The third kappa shape index (κ3) is 3.39. The van der Waals surface area contributed by atoms with Gasteiger partial charge in [-0.05, 0) is 30.5 Å². The van der Waals surface area contributed by atoms with Gasteiger partial charge in [-0.1, -0.05) is 12.8 Å². The highest BCUT2D eigenvalue weighted by atomic mass is 32.1. The van der Waals surface area contributed by atoms with E-state index in [0.29, 0.717) is 5.13 Å². The van der Waals surface area contributed by atoms with E-state index < -0.39 is 0 Å². The third-order valence-electron chi connectivity index (χ3n) is 3.75. The SMILES string of the molecule is O=C(Nc1nccs1)N1CCCCC[C@@H]1c1ccncc1. The molecular weight excluding hydrogens is 284 g/mol. The zero-order chi connectivity index (χ0) is 14.5. The maximum Gasteiger partial charge on any atom is 0.324 e. The molecule has 3 heterocycles. The van der Waals surface area contributed by atoms with E-state index in [-0.39, 0.29) is 12.1 Å². The van der Waals surface area contributed by atoms with Gasteiger partial charge in [-0.2, -0.15) is 0 Å². The molecular formula is C15H18N4OS. The molecule has 2 aromatic rings. The summed E-state index contributed by atoms with van der Waals surface area (Å²) in [5, 5.41) is 5.41. The molecule has 1 fully saturated rings. The number of pyridine rings is 1. The second kappa shape index (κ2) is 6.67. The Balaban J connectivity index is 1.80. The number of anilines is 1. The van der Waals surface area contributed by atoms with Crippen molar-refractivity contribution in [2.45, 2.75) is 31.7 Å². The van der Waals surface area contributed by atoms with Crippen molar-refractivity contribution in [2.75, 3.05) is 11.9 Å². The smallest absolute Gasteiger partial charge is 0.317 e. The lowest BCUT2D eigenvalue weighted by molar-refractivity contribution is 0.189. The number of likely N-dealkylation sites (tertiary alicyclic amines) is 1. The van der Waals surface area contributed by atoms with Crippen molar-refractivity contribution in [3.8, 4) is 0 Å². The van der Waals surface area contributed by atoms with Gasteiger partial charge in [0.05, 0.1) is 6.04 Å². The van der Waals surface area contributed by atoms with Crippen molar-refractivity contribution in [1.82, 2.24) is 14.9 Å². The standard InChI is InChI=1S/C15H18N4OS/c20-15(18-14-17-9-11-21-14)19-10-3-1-2-4-13(19)12-5-7-16-8-6-12/h5-9,11,13H,1-4,10H2,(H,17,18,20)/t13-/m1/s1. The number of aromatic nitrogens is 2. The summed E-state index contributed by atoms with van der Waals surface area (Å²) in [4.78, 5) is 22.7. The minimum atomic E-state index is -0.0614. The van der Waals surface area contributed by atoms with Gasteiger partial charge in [-0.15, -0.1) is 11.3 Å². The average molecular weight is 302 g/mol. The molecule has 1 aliphatic heterocycles. The maximum absolute atomic E-state index is 12.6. The summed E-state index contributed by atoms with van der Waals surface area (Å²) >= 11 is 1.44. The Morgan fingerprint density at radius 2 is 2.10 bits per heavy atom. The van der Waals surface area contributed by atoms with Gasteiger partial charge >= 0.3 is 6.03 Å². The van der Waals surface area contributed by atoms with Crippen LogP contribution in [0.2, 0.25) is 0 Å². The predicted octanol–water partition coefficient (Wildman–Crippen LogP) is 3.69. The topological polar surface area (TPSA) is 58.1 Å². The van der Waals surface area contributed by atoms with E-state index in [9.17, 15) is 4.79 Å². The quantitative estimate of drug-likeness (QED) is 0.920. The van der Waals surface area contributed by atoms with Gasteiger partial charge in [0.2, 0.25) is 0 Å². The van der Waals surface area contributed by atoms with Gasteiger partial charge in [0, 0.05) is 30.5 Å². The second-order valence-electron chi connectivity index (χ2n) is 5.11. The number of amides is 2. The molecule has 1 saturated heterocycles. The largest absolute Gasteiger partial charge is 0.324 e. The summed E-state index contributed by atoms with van der Waals surface area (Å²) in [5.41, 5.74) is 1.15. The van der Waals surface area contributed by atoms with E-state index in [0.717, 1.165) is 31.4 Å². The molecule has 3 rings (SSSR count). The first-order valence-corrected chi connectivity index (χ1v) is 8.09. The first-order valence-electron chi connectivity index (χ1n) is 7.21. The van der Waals surface area contributed by atoms with Crippen molar-refractivity contribution in [3.05, 3.63) is 41.7 Å². The minimum absolute atomic E-state index is 0.0614. The van der Waals surface area contributed by atoms with Gasteiger partial charge in [0.25, 0.3) is 0 Å². The van der Waals surface area contributed by atoms with Crippen molar-refractivity contribution >= 4 is 22.5 Å². The molecule has 6 heteroatoms. The highest BCUT2D eigenvalue weighted by Gasteiger charge is 2.27. The highest BCUT2D eigenvalue weighted by molar-refractivity contribution is 7.13. The third-order valence-corrected chi connectivity index (χ3v) is 4.44. The Bertz CT molecular complexity index is 573. The first kappa shape index (κ1) is 14.0. The molecule has 1 atom stereocenters. The predicted molar refractivity (Wildman–Crippen MR) is 83.3 cm³/mol. The van der Waals surface area contributed by atoms with Crippen LogP contribution < -0.4 is 5.32 Å². The molecule has 0 aromatic carbocycles. The minimum Gasteiger partial charge on any atom is -0.317 e. The number of hydrogen-bond acceptors (Lipinski definition) is 4. The second-order valence-corrected chi connectivity index (χ2v) is 6.00. The Labute approximate surface area is 128 Å². The number of nitrogens with one attached hydrogen (secondary N) is 1. The molecule has 110 valence electrons. The zero-order valence-electron chi connectivity index (χ0n) is 11.7. The lowest BCUT2D eigenvalue weighted by Crippen LogP contribution is -2.38. The number of rotatable bonds is 2. The Hall–Kier alpha value is -1.95. The van der Waals surface area contributed by atoms with Gasteiger partial charge in [-0.3, -0.25) is 10.3 Å². The molecule has 1 aliphatic rings. The molecule has 0 radical (unpaired) electrons. The molecule has 0 aliphatic carbocycles. The van der Waals surface area contributed by atoms with Crippen molar-refractivity contribution in [3.63, 3.8) is 0 Å². The van der Waals surface area contributed by atoms with Crippen molar-refractivity contribution < 1.29 is 4.79 Å². The molecule has 2 aromatic heterocycles. The van der Waals surface area contributed by atoms with Crippen LogP contribution >= 0.6 is 11.3 Å². The Morgan fingerprint density at radius 1 is 1.24 bits per heavy atom. The van der Waals surface area contributed by atoms with Crippen LogP contribution in [0.15, 0.2) is 36.1 Å².